The van der Waals surface area contributed by atoms with Gasteiger partial charge in [0.1, 0.15) is 11.6 Å². The number of H-pyrrole nitrogens is 1. The van der Waals surface area contributed by atoms with Crippen LogP contribution in [0.15, 0.2) is 36.8 Å². The lowest BCUT2D eigenvalue weighted by Gasteiger charge is -2.37. The first-order chi connectivity index (χ1) is 15.0. The molecular formula is C21H26N8O2. The summed E-state index contributed by atoms with van der Waals surface area (Å²) in [4.78, 5) is 31.6. The molecule has 2 atom stereocenters. The molecule has 1 fully saturated rings. The molecule has 3 aromatic rings. The van der Waals surface area contributed by atoms with Gasteiger partial charge in [-0.3, -0.25) is 14.7 Å². The third kappa shape index (κ3) is 4.27. The lowest BCUT2D eigenvalue weighted by Crippen LogP contribution is -2.46. The van der Waals surface area contributed by atoms with Crippen LogP contribution in [0.5, 0.6) is 0 Å². The number of hydrogen-bond donors (Lipinski definition) is 3. The molecule has 0 aromatic carbocycles. The van der Waals surface area contributed by atoms with Gasteiger partial charge in [0.15, 0.2) is 0 Å². The molecule has 2 unspecified atom stereocenters. The van der Waals surface area contributed by atoms with E-state index in [1.165, 1.54) is 6.20 Å². The van der Waals surface area contributed by atoms with Gasteiger partial charge in [-0.15, -0.1) is 0 Å². The molecule has 4 N–H and O–H groups in total. The molecule has 0 aliphatic carbocycles. The summed E-state index contributed by atoms with van der Waals surface area (Å²) in [6.07, 6.45) is 7.30. The van der Waals surface area contributed by atoms with Crippen molar-refractivity contribution in [3.8, 4) is 5.82 Å². The van der Waals surface area contributed by atoms with Crippen LogP contribution in [-0.4, -0.2) is 48.2 Å². The number of likely N-dealkylation sites (tertiary alicyclic amines) is 1. The Labute approximate surface area is 179 Å². The second-order valence-corrected chi connectivity index (χ2v) is 7.86. The van der Waals surface area contributed by atoms with Crippen molar-refractivity contribution in [3.05, 3.63) is 48.0 Å². The first-order valence-electron chi connectivity index (χ1n) is 10.4. The van der Waals surface area contributed by atoms with Gasteiger partial charge in [0.05, 0.1) is 29.8 Å². The summed E-state index contributed by atoms with van der Waals surface area (Å²) < 4.78 is 1.68. The van der Waals surface area contributed by atoms with E-state index in [-0.39, 0.29) is 6.04 Å². The van der Waals surface area contributed by atoms with E-state index >= 15 is 0 Å². The summed E-state index contributed by atoms with van der Waals surface area (Å²) >= 11 is 0. The van der Waals surface area contributed by atoms with Gasteiger partial charge in [-0.1, -0.05) is 13.8 Å². The van der Waals surface area contributed by atoms with Crippen molar-refractivity contribution in [3.63, 3.8) is 0 Å². The molecule has 0 saturated carbocycles. The highest BCUT2D eigenvalue weighted by Crippen LogP contribution is 2.33. The number of amides is 2. The number of pyridine rings is 1. The van der Waals surface area contributed by atoms with E-state index in [1.807, 2.05) is 19.2 Å². The molecule has 2 amide bonds. The zero-order chi connectivity index (χ0) is 22.0. The second kappa shape index (κ2) is 8.58. The van der Waals surface area contributed by atoms with Crippen molar-refractivity contribution in [2.75, 3.05) is 17.6 Å². The number of nitrogens with two attached hydrogens (primary N) is 1. The predicted molar refractivity (Wildman–Crippen MR) is 115 cm³/mol. The SMILES string of the molecule is CCc1cc(NC(=O)C(=O)N2CC(C)CCC2c2ccn(-c3ccn[nH]3)n2)cnc1N. The predicted octanol–water partition coefficient (Wildman–Crippen LogP) is 2.07. The number of nitrogens with zero attached hydrogens (tertiary/aromatic N) is 5. The topological polar surface area (TPSA) is 135 Å². The van der Waals surface area contributed by atoms with Crippen LogP contribution in [0.3, 0.4) is 0 Å². The standard InChI is InChI=1S/C21H26N8O2/c1-3-14-10-15(11-23-19(14)22)25-20(30)21(31)28-12-13(2)4-5-17(28)16-7-9-29(27-16)18-6-8-24-26-18/h6-11,13,17H,3-5,12H2,1-2H3,(H2,22,23)(H,24,26)(H,25,30). The Hall–Kier alpha value is -3.69. The summed E-state index contributed by atoms with van der Waals surface area (Å²) in [5.74, 6) is 0.175. The number of hydrogen-bond acceptors (Lipinski definition) is 6. The first kappa shape index (κ1) is 20.6. The van der Waals surface area contributed by atoms with E-state index in [9.17, 15) is 9.59 Å². The fraction of sp³-hybridized carbons (Fsp3) is 0.381. The van der Waals surface area contributed by atoms with E-state index in [0.29, 0.717) is 30.4 Å². The van der Waals surface area contributed by atoms with Crippen molar-refractivity contribution >= 4 is 23.3 Å². The smallest absolute Gasteiger partial charge is 0.313 e. The van der Waals surface area contributed by atoms with Crippen LogP contribution in [0.2, 0.25) is 0 Å². The molecule has 162 valence electrons. The molecular weight excluding hydrogens is 396 g/mol. The number of rotatable bonds is 4. The summed E-state index contributed by atoms with van der Waals surface area (Å²) in [7, 11) is 0. The van der Waals surface area contributed by atoms with E-state index < -0.39 is 11.8 Å². The van der Waals surface area contributed by atoms with Gasteiger partial charge < -0.3 is 16.0 Å². The maximum Gasteiger partial charge on any atom is 0.313 e. The van der Waals surface area contributed by atoms with Gasteiger partial charge in [-0.05, 0) is 42.9 Å². The summed E-state index contributed by atoms with van der Waals surface area (Å²) in [6.45, 7) is 4.52. The van der Waals surface area contributed by atoms with E-state index in [1.54, 1.807) is 27.9 Å². The Bertz CT molecular complexity index is 1080. The number of nitrogens with one attached hydrogen (secondary N) is 2. The summed E-state index contributed by atoms with van der Waals surface area (Å²) in [6, 6.07) is 5.16. The minimum atomic E-state index is -0.694. The number of aryl methyl sites for hydroxylation is 1. The maximum atomic E-state index is 13.1. The van der Waals surface area contributed by atoms with Crippen LogP contribution in [0.4, 0.5) is 11.5 Å². The van der Waals surface area contributed by atoms with Crippen molar-refractivity contribution in [1.29, 1.82) is 0 Å². The van der Waals surface area contributed by atoms with Gasteiger partial charge >= 0.3 is 11.8 Å². The highest BCUT2D eigenvalue weighted by atomic mass is 16.2. The lowest BCUT2D eigenvalue weighted by atomic mass is 9.92. The summed E-state index contributed by atoms with van der Waals surface area (Å²) in [5.41, 5.74) is 7.84. The Morgan fingerprint density at radius 3 is 2.90 bits per heavy atom. The van der Waals surface area contributed by atoms with Crippen molar-refractivity contribution in [1.82, 2.24) is 29.9 Å². The lowest BCUT2D eigenvalue weighted by molar-refractivity contribution is -0.146. The zero-order valence-electron chi connectivity index (χ0n) is 17.6. The molecule has 1 saturated heterocycles. The van der Waals surface area contributed by atoms with Crippen molar-refractivity contribution < 1.29 is 9.59 Å². The van der Waals surface area contributed by atoms with Crippen LogP contribution in [0.25, 0.3) is 5.82 Å². The fourth-order valence-corrected chi connectivity index (χ4v) is 3.90. The van der Waals surface area contributed by atoms with Crippen LogP contribution < -0.4 is 11.1 Å². The van der Waals surface area contributed by atoms with Gasteiger partial charge in [0.25, 0.3) is 0 Å². The Balaban J connectivity index is 1.53. The zero-order valence-corrected chi connectivity index (χ0v) is 17.6. The fourth-order valence-electron chi connectivity index (χ4n) is 3.90. The number of aromatic nitrogens is 5. The average molecular weight is 422 g/mol. The van der Waals surface area contributed by atoms with Gasteiger partial charge in [-0.2, -0.15) is 10.2 Å². The number of carbonyl (C=O) groups excluding carboxylic acids is 2. The van der Waals surface area contributed by atoms with Crippen LogP contribution in [0, 0.1) is 5.92 Å². The third-order valence-corrected chi connectivity index (χ3v) is 5.60. The molecule has 1 aliphatic heterocycles. The minimum absolute atomic E-state index is 0.269. The molecule has 10 heteroatoms. The van der Waals surface area contributed by atoms with Crippen molar-refractivity contribution in [2.24, 2.45) is 5.92 Å². The molecule has 4 heterocycles. The molecule has 1 aliphatic rings. The molecule has 0 spiro atoms. The molecule has 0 radical (unpaired) electrons. The Morgan fingerprint density at radius 2 is 2.16 bits per heavy atom. The molecule has 0 bridgehead atoms. The monoisotopic (exact) mass is 422 g/mol. The maximum absolute atomic E-state index is 13.1. The molecule has 4 rings (SSSR count). The van der Waals surface area contributed by atoms with Crippen molar-refractivity contribution in [2.45, 2.75) is 39.2 Å². The largest absolute Gasteiger partial charge is 0.383 e. The number of anilines is 2. The van der Waals surface area contributed by atoms with Crippen LogP contribution >= 0.6 is 0 Å². The number of nitrogen functional groups attached to an aromatic ring is 1. The highest BCUT2D eigenvalue weighted by Gasteiger charge is 2.35. The highest BCUT2D eigenvalue weighted by molar-refractivity contribution is 6.39. The number of aromatic amines is 1. The van der Waals surface area contributed by atoms with E-state index in [2.05, 4.69) is 32.5 Å². The van der Waals surface area contributed by atoms with E-state index in [4.69, 9.17) is 5.73 Å². The number of carbonyl (C=O) groups is 2. The normalized spacial score (nSPS) is 18.7. The third-order valence-electron chi connectivity index (χ3n) is 5.60. The first-order valence-corrected chi connectivity index (χ1v) is 10.4. The minimum Gasteiger partial charge on any atom is -0.383 e. The second-order valence-electron chi connectivity index (χ2n) is 7.86. The Morgan fingerprint density at radius 1 is 1.32 bits per heavy atom. The summed E-state index contributed by atoms with van der Waals surface area (Å²) in [5, 5.41) is 14.1. The van der Waals surface area contributed by atoms with Gasteiger partial charge in [0, 0.05) is 18.8 Å². The Kier molecular flexibility index (Phi) is 5.70. The molecule has 10 nitrogen and oxygen atoms in total. The van der Waals surface area contributed by atoms with Crippen LogP contribution in [-0.2, 0) is 16.0 Å². The molecule has 3 aromatic heterocycles. The van der Waals surface area contributed by atoms with Gasteiger partial charge in [-0.25, -0.2) is 9.67 Å². The van der Waals surface area contributed by atoms with Crippen LogP contribution in [0.1, 0.15) is 44.0 Å². The molecule has 31 heavy (non-hydrogen) atoms. The van der Waals surface area contributed by atoms with Gasteiger partial charge in [0.2, 0.25) is 0 Å². The van der Waals surface area contributed by atoms with E-state index in [0.717, 1.165) is 29.9 Å². The quantitative estimate of drug-likeness (QED) is 0.551. The number of piperidine rings is 1. The average Bonchev–Trinajstić information content (AvgIpc) is 3.46.